The average Bonchev–Trinajstić information content (AvgIpc) is 3.39. The molecular formula is C26H34O5. The van der Waals surface area contributed by atoms with Gasteiger partial charge in [0, 0.05) is 11.8 Å². The van der Waals surface area contributed by atoms with Crippen molar-refractivity contribution in [2.45, 2.75) is 71.8 Å². The second-order valence-electron chi connectivity index (χ2n) is 11.3. The smallest absolute Gasteiger partial charge is 0.307 e. The quantitative estimate of drug-likeness (QED) is 0.467. The maximum Gasteiger partial charge on any atom is 0.307 e. The van der Waals surface area contributed by atoms with Gasteiger partial charge in [-0.2, -0.15) is 0 Å². The van der Waals surface area contributed by atoms with E-state index in [1.807, 2.05) is 6.08 Å². The third-order valence-electron chi connectivity index (χ3n) is 10.1. The van der Waals surface area contributed by atoms with Crippen LogP contribution < -0.4 is 0 Å². The van der Waals surface area contributed by atoms with Gasteiger partial charge in [0.2, 0.25) is 0 Å². The van der Waals surface area contributed by atoms with Gasteiger partial charge < -0.3 is 14.9 Å². The zero-order valence-corrected chi connectivity index (χ0v) is 18.8. The number of carboxylic acids is 2. The van der Waals surface area contributed by atoms with E-state index in [-0.39, 0.29) is 29.6 Å². The summed E-state index contributed by atoms with van der Waals surface area (Å²) in [6, 6.07) is 0. The van der Waals surface area contributed by atoms with Gasteiger partial charge in [-0.3, -0.25) is 9.59 Å². The Morgan fingerprint density at radius 1 is 1.23 bits per heavy atom. The molecule has 5 aliphatic rings. The molecule has 1 heterocycles. The van der Waals surface area contributed by atoms with Gasteiger partial charge >= 0.3 is 11.9 Å². The van der Waals surface area contributed by atoms with E-state index in [1.165, 1.54) is 5.57 Å². The van der Waals surface area contributed by atoms with Crippen LogP contribution in [0.1, 0.15) is 65.7 Å². The summed E-state index contributed by atoms with van der Waals surface area (Å²) in [5, 5.41) is 19.0. The van der Waals surface area contributed by atoms with Crippen LogP contribution in [0.15, 0.2) is 35.6 Å². The Bertz CT molecular complexity index is 915. The van der Waals surface area contributed by atoms with Crippen molar-refractivity contribution in [3.63, 3.8) is 0 Å². The van der Waals surface area contributed by atoms with Crippen LogP contribution in [0.4, 0.5) is 0 Å². The van der Waals surface area contributed by atoms with Gasteiger partial charge in [0.1, 0.15) is 5.76 Å². The fourth-order valence-corrected chi connectivity index (χ4v) is 8.45. The van der Waals surface area contributed by atoms with E-state index in [4.69, 9.17) is 9.84 Å². The second-order valence-corrected chi connectivity index (χ2v) is 11.3. The molecule has 1 aliphatic heterocycles. The highest BCUT2D eigenvalue weighted by molar-refractivity contribution is 5.70. The minimum atomic E-state index is -0.873. The lowest BCUT2D eigenvalue weighted by Gasteiger charge is -2.58. The third-order valence-corrected chi connectivity index (χ3v) is 10.1. The van der Waals surface area contributed by atoms with E-state index in [0.717, 1.165) is 37.9 Å². The number of allylic oxidation sites excluding steroid dienone is 4. The largest absolute Gasteiger partial charge is 0.483 e. The summed E-state index contributed by atoms with van der Waals surface area (Å²) in [5.41, 5.74) is 0.975. The van der Waals surface area contributed by atoms with E-state index >= 15 is 0 Å². The fraction of sp³-hybridized carbons (Fsp3) is 0.692. The average molecular weight is 427 g/mol. The molecule has 31 heavy (non-hydrogen) atoms. The molecule has 1 saturated heterocycles. The summed E-state index contributed by atoms with van der Waals surface area (Å²) < 4.78 is 5.78. The molecule has 0 aromatic heterocycles. The Hall–Kier alpha value is -2.04. The topological polar surface area (TPSA) is 87.1 Å². The number of hydrogen-bond acceptors (Lipinski definition) is 3. The molecule has 0 aromatic rings. The first-order valence-electron chi connectivity index (χ1n) is 11.8. The van der Waals surface area contributed by atoms with Crippen LogP contribution in [0.25, 0.3) is 0 Å². The van der Waals surface area contributed by atoms with E-state index in [1.54, 1.807) is 6.08 Å². The van der Waals surface area contributed by atoms with Crippen molar-refractivity contribution < 1.29 is 24.5 Å². The van der Waals surface area contributed by atoms with Crippen molar-refractivity contribution in [3.05, 3.63) is 35.6 Å². The van der Waals surface area contributed by atoms with Gasteiger partial charge in [0.15, 0.2) is 6.10 Å². The molecule has 2 N–H and O–H groups in total. The molecule has 0 amide bonds. The molecule has 0 radical (unpaired) electrons. The van der Waals surface area contributed by atoms with Crippen molar-refractivity contribution in [1.82, 2.24) is 0 Å². The van der Waals surface area contributed by atoms with E-state index < -0.39 is 17.4 Å². The van der Waals surface area contributed by atoms with Crippen LogP contribution >= 0.6 is 0 Å². The summed E-state index contributed by atoms with van der Waals surface area (Å²) >= 11 is 0. The molecular weight excluding hydrogens is 392 g/mol. The normalized spacial score (nSPS) is 47.3. The highest BCUT2D eigenvalue weighted by atomic mass is 16.6. The summed E-state index contributed by atoms with van der Waals surface area (Å²) in [6.07, 6.45) is 14.0. The molecule has 0 aromatic carbocycles. The number of carbonyl (C=O) groups is 2. The number of fused-ring (bicyclic) bond motifs is 6. The molecule has 1 unspecified atom stereocenters. The Morgan fingerprint density at radius 3 is 2.71 bits per heavy atom. The number of rotatable bonds is 5. The number of ether oxygens (including phenoxy) is 1. The molecule has 4 aliphatic carbocycles. The minimum Gasteiger partial charge on any atom is -0.483 e. The van der Waals surface area contributed by atoms with Crippen LogP contribution in [-0.2, 0) is 14.3 Å². The van der Waals surface area contributed by atoms with Crippen molar-refractivity contribution in [2.24, 2.45) is 39.9 Å². The first-order valence-corrected chi connectivity index (χ1v) is 11.8. The summed E-state index contributed by atoms with van der Waals surface area (Å²) in [6.45, 7) is 6.91. The Morgan fingerprint density at radius 2 is 2.00 bits per heavy atom. The lowest BCUT2D eigenvalue weighted by molar-refractivity contribution is -0.143. The SMILES string of the molecule is C[C@H]1C[C@H]2[C@@H]3CC=C4C=C5OC5C[C@]4(C)[C@H]3CC[C@]2(C)[C@]1(C=CCC(=O)O)CC(=O)O. The lowest BCUT2D eigenvalue weighted by atomic mass is 9.45. The summed E-state index contributed by atoms with van der Waals surface area (Å²) in [7, 11) is 0. The Labute approximate surface area is 184 Å². The molecule has 5 rings (SSSR count). The van der Waals surface area contributed by atoms with Crippen LogP contribution in [0, 0.1) is 39.9 Å². The van der Waals surface area contributed by atoms with E-state index in [0.29, 0.717) is 23.9 Å². The standard InChI is InChI=1S/C26H34O5/c1-15-11-19-17-7-6-16-12-20-21(31-20)13-24(16,2)18(17)8-10-25(19,3)26(15,14-23(29)30)9-4-5-22(27)28/h4,6,9,12,15,17-19,21H,5,7-8,10-11,13-14H2,1-3H3,(H,27,28)(H,29,30)/t15-,17+,18-,19-,21?,24-,25-,26+/m0/s1. The molecule has 5 heteroatoms. The van der Waals surface area contributed by atoms with Gasteiger partial charge in [-0.25, -0.2) is 0 Å². The van der Waals surface area contributed by atoms with Crippen molar-refractivity contribution in [3.8, 4) is 0 Å². The molecule has 0 spiro atoms. The number of aliphatic carboxylic acids is 2. The zero-order valence-electron chi connectivity index (χ0n) is 18.8. The Kier molecular flexibility index (Phi) is 4.52. The predicted octanol–water partition coefficient (Wildman–Crippen LogP) is 5.19. The second kappa shape index (κ2) is 6.73. The first-order chi connectivity index (χ1) is 14.6. The molecule has 0 bridgehead atoms. The number of hydrogen-bond donors (Lipinski definition) is 2. The van der Waals surface area contributed by atoms with Crippen molar-refractivity contribution >= 4 is 11.9 Å². The lowest BCUT2D eigenvalue weighted by Crippen LogP contribution is -2.52. The van der Waals surface area contributed by atoms with E-state index in [2.05, 4.69) is 32.9 Å². The third kappa shape index (κ3) is 2.87. The van der Waals surface area contributed by atoms with Crippen LogP contribution in [0.2, 0.25) is 0 Å². The highest BCUT2D eigenvalue weighted by Crippen LogP contribution is 2.72. The molecule has 8 atom stereocenters. The number of epoxide rings is 1. The van der Waals surface area contributed by atoms with Crippen molar-refractivity contribution in [2.75, 3.05) is 0 Å². The monoisotopic (exact) mass is 426 g/mol. The van der Waals surface area contributed by atoms with Gasteiger partial charge in [0.05, 0.1) is 12.8 Å². The fourth-order valence-electron chi connectivity index (χ4n) is 8.45. The Balaban J connectivity index is 1.51. The molecule has 2 saturated carbocycles. The van der Waals surface area contributed by atoms with Crippen molar-refractivity contribution in [1.29, 1.82) is 0 Å². The highest BCUT2D eigenvalue weighted by Gasteiger charge is 2.66. The van der Waals surface area contributed by atoms with Gasteiger partial charge in [-0.1, -0.05) is 39.0 Å². The van der Waals surface area contributed by atoms with Crippen LogP contribution in [-0.4, -0.2) is 28.3 Å². The van der Waals surface area contributed by atoms with E-state index in [9.17, 15) is 14.7 Å². The summed E-state index contributed by atoms with van der Waals surface area (Å²) in [4.78, 5) is 23.1. The van der Waals surface area contributed by atoms with Crippen LogP contribution in [0.3, 0.4) is 0 Å². The molecule has 3 fully saturated rings. The van der Waals surface area contributed by atoms with Gasteiger partial charge in [0.25, 0.3) is 0 Å². The maximum atomic E-state index is 12.0. The maximum absolute atomic E-state index is 12.0. The van der Waals surface area contributed by atoms with Gasteiger partial charge in [-0.15, -0.1) is 0 Å². The molecule has 5 nitrogen and oxygen atoms in total. The van der Waals surface area contributed by atoms with Gasteiger partial charge in [-0.05, 0) is 71.8 Å². The first kappa shape index (κ1) is 20.8. The minimum absolute atomic E-state index is 0.0544. The summed E-state index contributed by atoms with van der Waals surface area (Å²) in [5.74, 6) is 1.31. The predicted molar refractivity (Wildman–Crippen MR) is 116 cm³/mol. The number of carboxylic acid groups (broad SMARTS) is 2. The van der Waals surface area contributed by atoms with Crippen LogP contribution in [0.5, 0.6) is 0 Å². The molecule has 168 valence electrons. The zero-order chi connectivity index (χ0) is 22.2.